The molecule has 1 fully saturated rings. The van der Waals surface area contributed by atoms with Crippen molar-refractivity contribution >= 4 is 16.3 Å². The van der Waals surface area contributed by atoms with Gasteiger partial charge >= 0.3 is 16.3 Å². The van der Waals surface area contributed by atoms with E-state index in [4.69, 9.17) is 5.73 Å². The lowest BCUT2D eigenvalue weighted by atomic mass is 10.1. The largest absolute Gasteiger partial charge is 0.449 e. The van der Waals surface area contributed by atoms with Crippen LogP contribution < -0.4 is 10.5 Å². The van der Waals surface area contributed by atoms with Gasteiger partial charge in [0.2, 0.25) is 0 Å². The van der Waals surface area contributed by atoms with Crippen molar-refractivity contribution in [2.24, 2.45) is 5.73 Å². The number of nitrogens with two attached hydrogens (primary N) is 1. The van der Waals surface area contributed by atoms with E-state index in [0.717, 1.165) is 10.7 Å². The van der Waals surface area contributed by atoms with Gasteiger partial charge in [-0.2, -0.15) is 12.7 Å². The van der Waals surface area contributed by atoms with Crippen molar-refractivity contribution in [2.75, 3.05) is 19.7 Å². The summed E-state index contributed by atoms with van der Waals surface area (Å²) in [6.07, 6.45) is 0.540. The fourth-order valence-electron chi connectivity index (χ4n) is 1.52. The van der Waals surface area contributed by atoms with Crippen LogP contribution >= 0.6 is 0 Å². The highest BCUT2D eigenvalue weighted by Gasteiger charge is 2.28. The Bertz CT molecular complexity index is 343. The van der Waals surface area contributed by atoms with E-state index in [1.807, 2.05) is 4.72 Å². The minimum atomic E-state index is -3.81. The van der Waals surface area contributed by atoms with E-state index in [1.54, 1.807) is 6.92 Å². The van der Waals surface area contributed by atoms with Crippen molar-refractivity contribution < 1.29 is 17.9 Å². The first-order valence-electron chi connectivity index (χ1n) is 5.16. The van der Waals surface area contributed by atoms with Gasteiger partial charge in [-0.3, -0.25) is 0 Å². The lowest BCUT2D eigenvalue weighted by Crippen LogP contribution is -2.51. The van der Waals surface area contributed by atoms with Gasteiger partial charge in [0, 0.05) is 19.1 Å². The molecule has 1 rings (SSSR count). The van der Waals surface area contributed by atoms with Gasteiger partial charge in [0.05, 0.1) is 6.61 Å². The monoisotopic (exact) mass is 251 g/mol. The molecule has 1 aliphatic rings. The standard InChI is InChI=1S/C8H17N3O4S/c1-2-15-8(12)10-16(13,14)11-5-3-4-7(9)6-11/h7H,2-6,9H2,1H3,(H,10,12). The van der Waals surface area contributed by atoms with Crippen LogP contribution in [0.1, 0.15) is 19.8 Å². The minimum absolute atomic E-state index is 0.126. The SMILES string of the molecule is CCOC(=O)NS(=O)(=O)N1CCCC(N)C1. The van der Waals surface area contributed by atoms with Crippen molar-refractivity contribution in [1.29, 1.82) is 0 Å². The summed E-state index contributed by atoms with van der Waals surface area (Å²) >= 11 is 0. The van der Waals surface area contributed by atoms with Crippen LogP contribution in [0.15, 0.2) is 0 Å². The highest BCUT2D eigenvalue weighted by Crippen LogP contribution is 2.11. The molecule has 94 valence electrons. The highest BCUT2D eigenvalue weighted by atomic mass is 32.2. The summed E-state index contributed by atoms with van der Waals surface area (Å²) in [4.78, 5) is 11.0. The number of nitrogens with one attached hydrogen (secondary N) is 1. The van der Waals surface area contributed by atoms with Gasteiger partial charge in [-0.1, -0.05) is 0 Å². The second kappa shape index (κ2) is 5.46. The molecule has 8 heteroatoms. The summed E-state index contributed by atoms with van der Waals surface area (Å²) in [6.45, 7) is 2.33. The van der Waals surface area contributed by atoms with E-state index in [9.17, 15) is 13.2 Å². The summed E-state index contributed by atoms with van der Waals surface area (Å²) in [5, 5.41) is 0. The summed E-state index contributed by atoms with van der Waals surface area (Å²) in [5.41, 5.74) is 5.66. The zero-order valence-corrected chi connectivity index (χ0v) is 10.00. The molecule has 3 N–H and O–H groups in total. The Labute approximate surface area is 95.1 Å². The smallest absolute Gasteiger partial charge is 0.421 e. The number of rotatable bonds is 3. The Hall–Kier alpha value is -0.860. The van der Waals surface area contributed by atoms with Gasteiger partial charge in [-0.15, -0.1) is 0 Å². The zero-order valence-electron chi connectivity index (χ0n) is 9.18. The molecule has 1 saturated heterocycles. The normalized spacial score (nSPS) is 22.8. The molecule has 0 aromatic carbocycles. The minimum Gasteiger partial charge on any atom is -0.449 e. The van der Waals surface area contributed by atoms with Crippen molar-refractivity contribution in [3.05, 3.63) is 0 Å². The van der Waals surface area contributed by atoms with E-state index in [-0.39, 0.29) is 19.2 Å². The highest BCUT2D eigenvalue weighted by molar-refractivity contribution is 7.87. The molecule has 0 aromatic heterocycles. The molecule has 16 heavy (non-hydrogen) atoms. The first-order chi connectivity index (χ1) is 7.45. The Balaban J connectivity index is 2.59. The molecule has 0 bridgehead atoms. The molecule has 0 aromatic rings. The van der Waals surface area contributed by atoms with Gasteiger partial charge in [0.15, 0.2) is 0 Å². The molecular weight excluding hydrogens is 234 g/mol. The number of amides is 1. The molecule has 1 unspecified atom stereocenters. The third-order valence-electron chi connectivity index (χ3n) is 2.25. The molecule has 0 radical (unpaired) electrons. The third-order valence-corrected chi connectivity index (χ3v) is 3.68. The van der Waals surface area contributed by atoms with Crippen LogP contribution in [0.4, 0.5) is 4.79 Å². The van der Waals surface area contributed by atoms with Crippen molar-refractivity contribution in [3.63, 3.8) is 0 Å². The maximum atomic E-state index is 11.7. The Morgan fingerprint density at radius 2 is 2.31 bits per heavy atom. The van der Waals surface area contributed by atoms with E-state index < -0.39 is 16.3 Å². The lowest BCUT2D eigenvalue weighted by Gasteiger charge is -2.29. The van der Waals surface area contributed by atoms with E-state index in [1.165, 1.54) is 0 Å². The molecule has 7 nitrogen and oxygen atoms in total. The molecule has 1 heterocycles. The van der Waals surface area contributed by atoms with Crippen LogP contribution in [-0.2, 0) is 14.9 Å². The lowest BCUT2D eigenvalue weighted by molar-refractivity contribution is 0.157. The number of carbonyl (C=O) groups excluding carboxylic acids is 1. The average molecular weight is 251 g/mol. The van der Waals surface area contributed by atoms with Crippen molar-refractivity contribution in [2.45, 2.75) is 25.8 Å². The first kappa shape index (κ1) is 13.2. The summed E-state index contributed by atoms with van der Waals surface area (Å²) in [6, 6.07) is -0.174. The summed E-state index contributed by atoms with van der Waals surface area (Å²) in [5.74, 6) is 0. The van der Waals surface area contributed by atoms with Gasteiger partial charge in [-0.25, -0.2) is 9.52 Å². The maximum Gasteiger partial charge on any atom is 0.421 e. The molecule has 0 saturated carbocycles. The zero-order chi connectivity index (χ0) is 12.2. The van der Waals surface area contributed by atoms with Crippen LogP contribution in [0.25, 0.3) is 0 Å². The Morgan fingerprint density at radius 1 is 1.62 bits per heavy atom. The van der Waals surface area contributed by atoms with Crippen molar-refractivity contribution in [3.8, 4) is 0 Å². The number of hydrogen-bond acceptors (Lipinski definition) is 5. The van der Waals surface area contributed by atoms with Crippen LogP contribution in [-0.4, -0.2) is 44.6 Å². The van der Waals surface area contributed by atoms with E-state index in [0.29, 0.717) is 13.0 Å². The van der Waals surface area contributed by atoms with Crippen LogP contribution in [0.2, 0.25) is 0 Å². The molecule has 0 aliphatic carbocycles. The molecule has 1 amide bonds. The number of nitrogens with zero attached hydrogens (tertiary/aromatic N) is 1. The topological polar surface area (TPSA) is 102 Å². The number of ether oxygens (including phenoxy) is 1. The summed E-state index contributed by atoms with van der Waals surface area (Å²) < 4.78 is 30.9. The van der Waals surface area contributed by atoms with Crippen LogP contribution in [0.3, 0.4) is 0 Å². The van der Waals surface area contributed by atoms with Gasteiger partial charge in [0.25, 0.3) is 0 Å². The Kier molecular flexibility index (Phi) is 4.51. The van der Waals surface area contributed by atoms with E-state index in [2.05, 4.69) is 4.74 Å². The molecule has 1 atom stereocenters. The number of carbonyl (C=O) groups is 1. The number of piperidine rings is 1. The third kappa shape index (κ3) is 3.62. The summed E-state index contributed by atoms with van der Waals surface area (Å²) in [7, 11) is -3.81. The molecule has 1 aliphatic heterocycles. The van der Waals surface area contributed by atoms with Gasteiger partial charge in [-0.05, 0) is 19.8 Å². The fraction of sp³-hybridized carbons (Fsp3) is 0.875. The first-order valence-corrected chi connectivity index (χ1v) is 6.60. The van der Waals surface area contributed by atoms with Crippen LogP contribution in [0.5, 0.6) is 0 Å². The predicted octanol–water partition coefficient (Wildman–Crippen LogP) is -0.600. The number of hydrogen-bond donors (Lipinski definition) is 2. The quantitative estimate of drug-likeness (QED) is 0.697. The molecular formula is C8H17N3O4S. The second-order valence-electron chi connectivity index (χ2n) is 3.59. The van der Waals surface area contributed by atoms with Crippen molar-refractivity contribution in [1.82, 2.24) is 9.03 Å². The Morgan fingerprint density at radius 3 is 2.88 bits per heavy atom. The maximum absolute atomic E-state index is 11.7. The fourth-order valence-corrected chi connectivity index (χ4v) is 2.68. The van der Waals surface area contributed by atoms with Gasteiger partial charge in [0.1, 0.15) is 0 Å². The van der Waals surface area contributed by atoms with Gasteiger partial charge < -0.3 is 10.5 Å². The van der Waals surface area contributed by atoms with E-state index >= 15 is 0 Å². The second-order valence-corrected chi connectivity index (χ2v) is 5.26. The average Bonchev–Trinajstić information content (AvgIpc) is 2.17. The van der Waals surface area contributed by atoms with Crippen LogP contribution in [0, 0.1) is 0 Å². The predicted molar refractivity (Wildman–Crippen MR) is 57.9 cm³/mol. The molecule has 0 spiro atoms.